The van der Waals surface area contributed by atoms with Gasteiger partial charge in [0, 0.05) is 24.1 Å². The zero-order valence-corrected chi connectivity index (χ0v) is 16.5. The second-order valence-corrected chi connectivity index (χ2v) is 9.71. The molecule has 6 aliphatic rings. The Hall–Kier alpha value is -1.68. The number of thioether (sulfide) groups is 1. The van der Waals surface area contributed by atoms with Crippen molar-refractivity contribution in [2.45, 2.75) is 40.6 Å². The van der Waals surface area contributed by atoms with Gasteiger partial charge in [-0.2, -0.15) is 5.26 Å². The summed E-state index contributed by atoms with van der Waals surface area (Å²) >= 11 is 1.63. The Labute approximate surface area is 163 Å². The molecule has 0 amide bonds. The molecule has 7 rings (SSSR count). The Bertz CT molecular complexity index is 942. The van der Waals surface area contributed by atoms with E-state index in [4.69, 9.17) is 14.2 Å². The summed E-state index contributed by atoms with van der Waals surface area (Å²) < 4.78 is 18.5. The monoisotopic (exact) mass is 382 g/mol. The molecule has 0 unspecified atom stereocenters. The molecule has 27 heavy (non-hydrogen) atoms. The van der Waals surface area contributed by atoms with Crippen molar-refractivity contribution in [2.24, 2.45) is 5.41 Å². The fourth-order valence-corrected chi connectivity index (χ4v) is 8.45. The van der Waals surface area contributed by atoms with Crippen LogP contribution in [0.3, 0.4) is 0 Å². The van der Waals surface area contributed by atoms with E-state index < -0.39 is 4.93 Å². The van der Waals surface area contributed by atoms with Crippen LogP contribution < -0.4 is 9.47 Å². The summed E-state index contributed by atoms with van der Waals surface area (Å²) in [4.78, 5) is 1.81. The number of nitriles is 1. The maximum absolute atomic E-state index is 10.2. The molecule has 6 atom stereocenters. The van der Waals surface area contributed by atoms with Crippen molar-refractivity contribution in [3.63, 3.8) is 0 Å². The van der Waals surface area contributed by atoms with Crippen LogP contribution in [-0.4, -0.2) is 55.0 Å². The number of methoxy groups -OCH3 is 2. The summed E-state index contributed by atoms with van der Waals surface area (Å²) in [6.45, 7) is 0.999. The molecule has 4 heterocycles. The van der Waals surface area contributed by atoms with Gasteiger partial charge in [-0.05, 0) is 44.1 Å². The molecule has 2 fully saturated rings. The van der Waals surface area contributed by atoms with Crippen LogP contribution in [0.5, 0.6) is 11.5 Å². The largest absolute Gasteiger partial charge is 0.493 e. The van der Waals surface area contributed by atoms with Crippen molar-refractivity contribution in [1.82, 2.24) is 4.90 Å². The van der Waals surface area contributed by atoms with Crippen LogP contribution in [0.25, 0.3) is 0 Å². The van der Waals surface area contributed by atoms with Crippen molar-refractivity contribution in [1.29, 1.82) is 5.26 Å². The molecule has 0 aromatic heterocycles. The van der Waals surface area contributed by atoms with Gasteiger partial charge in [0.2, 0.25) is 0 Å². The van der Waals surface area contributed by atoms with Crippen molar-refractivity contribution >= 4 is 11.8 Å². The molecule has 0 saturated carbocycles. The number of ether oxygens (including phenoxy) is 3. The predicted octanol–water partition coefficient (Wildman–Crippen LogP) is 2.49. The average Bonchev–Trinajstić information content (AvgIpc) is 3.07. The molecule has 4 aliphatic heterocycles. The second-order valence-electron chi connectivity index (χ2n) is 8.37. The number of piperidine rings is 1. The molecule has 1 aromatic carbocycles. The van der Waals surface area contributed by atoms with E-state index in [1.165, 1.54) is 11.1 Å². The van der Waals surface area contributed by atoms with Gasteiger partial charge in [0.1, 0.15) is 5.25 Å². The van der Waals surface area contributed by atoms with Crippen molar-refractivity contribution < 1.29 is 14.2 Å². The third kappa shape index (κ3) is 1.45. The molecular formula is C21H22N2O3S. The first-order chi connectivity index (χ1) is 13.1. The molecule has 0 radical (unpaired) electrons. The minimum atomic E-state index is -0.638. The number of likely N-dealkylation sites (tertiary alicyclic amines) is 1. The summed E-state index contributed by atoms with van der Waals surface area (Å²) in [5, 5.41) is 10.0. The molecule has 2 aliphatic carbocycles. The maximum Gasteiger partial charge on any atom is 0.170 e. The van der Waals surface area contributed by atoms with Crippen LogP contribution in [0.4, 0.5) is 0 Å². The molecule has 4 bridgehead atoms. The van der Waals surface area contributed by atoms with Crippen LogP contribution in [0.15, 0.2) is 24.3 Å². The normalized spacial score (nSPS) is 45.2. The number of hydrogen-bond donors (Lipinski definition) is 0. The first kappa shape index (κ1) is 16.3. The highest BCUT2D eigenvalue weighted by atomic mass is 32.2. The van der Waals surface area contributed by atoms with E-state index in [1.807, 2.05) is 6.07 Å². The Morgan fingerprint density at radius 2 is 2.19 bits per heavy atom. The average molecular weight is 382 g/mol. The SMILES string of the molecule is COc1ccc2c3c1O[C@@H]1[C@]34CCN(C)[C@H](C2)[C@]42C=C[C@@]1(OC)S[C@H]2C#N. The zero-order chi connectivity index (χ0) is 18.6. The summed E-state index contributed by atoms with van der Waals surface area (Å²) in [6, 6.07) is 7.16. The van der Waals surface area contributed by atoms with Crippen LogP contribution in [-0.2, 0) is 16.6 Å². The fourth-order valence-electron chi connectivity index (χ4n) is 6.77. The van der Waals surface area contributed by atoms with Gasteiger partial charge in [-0.25, -0.2) is 0 Å². The van der Waals surface area contributed by atoms with E-state index in [0.29, 0.717) is 0 Å². The molecule has 6 heteroatoms. The van der Waals surface area contributed by atoms with Gasteiger partial charge in [-0.1, -0.05) is 23.9 Å². The third-order valence-corrected chi connectivity index (χ3v) is 9.43. The number of nitrogens with zero attached hydrogens (tertiary/aromatic N) is 2. The van der Waals surface area contributed by atoms with Crippen LogP contribution in [0.1, 0.15) is 17.5 Å². The lowest BCUT2D eigenvalue weighted by Gasteiger charge is -2.70. The predicted molar refractivity (Wildman–Crippen MR) is 102 cm³/mol. The lowest BCUT2D eigenvalue weighted by atomic mass is 9.43. The van der Waals surface area contributed by atoms with Gasteiger partial charge in [-0.15, -0.1) is 0 Å². The lowest BCUT2D eigenvalue weighted by Crippen LogP contribution is -2.78. The first-order valence-corrected chi connectivity index (χ1v) is 10.4. The van der Waals surface area contributed by atoms with E-state index in [2.05, 4.69) is 36.2 Å². The Kier molecular flexibility index (Phi) is 2.92. The summed E-state index contributed by atoms with van der Waals surface area (Å²) in [5.74, 6) is 1.66. The van der Waals surface area contributed by atoms with E-state index in [-0.39, 0.29) is 28.2 Å². The van der Waals surface area contributed by atoms with Gasteiger partial charge >= 0.3 is 0 Å². The van der Waals surface area contributed by atoms with Crippen molar-refractivity contribution in [3.8, 4) is 17.6 Å². The standard InChI is InChI=1S/C21H22N2O3S/c1-23-9-8-20-16-12-4-5-13(24-2)17(16)26-18(20)21(25-3)7-6-19(20,14(23)10-12)15(11-22)27-21/h4-7,14-15,18H,8-10H2,1-3H3/t14-,15+,18-,19+,20+,21-/m1/s1. The van der Waals surface area contributed by atoms with Crippen molar-refractivity contribution in [3.05, 3.63) is 35.4 Å². The van der Waals surface area contributed by atoms with Gasteiger partial charge in [0.15, 0.2) is 22.5 Å². The fraction of sp³-hybridized carbons (Fsp3) is 0.571. The van der Waals surface area contributed by atoms with Crippen molar-refractivity contribution in [2.75, 3.05) is 27.8 Å². The minimum Gasteiger partial charge on any atom is -0.493 e. The van der Waals surface area contributed by atoms with Gasteiger partial charge in [-0.3, -0.25) is 0 Å². The summed E-state index contributed by atoms with van der Waals surface area (Å²) in [6.07, 6.45) is 6.24. The molecule has 5 nitrogen and oxygen atoms in total. The Morgan fingerprint density at radius 3 is 2.93 bits per heavy atom. The smallest absolute Gasteiger partial charge is 0.170 e. The highest BCUT2D eigenvalue weighted by Gasteiger charge is 2.80. The third-order valence-electron chi connectivity index (χ3n) is 7.81. The Balaban J connectivity index is 1.75. The second kappa shape index (κ2) is 4.83. The number of fused-ring (bicyclic) bond motifs is 1. The quantitative estimate of drug-likeness (QED) is 0.733. The van der Waals surface area contributed by atoms with Crippen LogP contribution >= 0.6 is 11.8 Å². The highest BCUT2D eigenvalue weighted by molar-refractivity contribution is 8.01. The molecule has 140 valence electrons. The number of likely N-dealkylation sites (N-methyl/N-ethyl adjacent to an activating group) is 1. The van der Waals surface area contributed by atoms with E-state index in [1.54, 1.807) is 26.0 Å². The molecule has 0 N–H and O–H groups in total. The first-order valence-electron chi connectivity index (χ1n) is 9.48. The van der Waals surface area contributed by atoms with E-state index in [0.717, 1.165) is 30.9 Å². The van der Waals surface area contributed by atoms with E-state index in [9.17, 15) is 5.26 Å². The summed E-state index contributed by atoms with van der Waals surface area (Å²) in [5.41, 5.74) is 2.11. The minimum absolute atomic E-state index is 0.142. The summed E-state index contributed by atoms with van der Waals surface area (Å²) in [7, 11) is 5.63. The molecule has 2 saturated heterocycles. The molecule has 2 spiro atoms. The highest BCUT2D eigenvalue weighted by Crippen LogP contribution is 2.76. The number of benzene rings is 1. The number of hydrogen-bond acceptors (Lipinski definition) is 6. The van der Waals surface area contributed by atoms with E-state index >= 15 is 0 Å². The van der Waals surface area contributed by atoms with Gasteiger partial charge < -0.3 is 19.1 Å². The van der Waals surface area contributed by atoms with Gasteiger partial charge in [0.25, 0.3) is 0 Å². The van der Waals surface area contributed by atoms with Crippen LogP contribution in [0, 0.1) is 16.7 Å². The number of rotatable bonds is 2. The zero-order valence-electron chi connectivity index (χ0n) is 15.7. The maximum atomic E-state index is 10.2. The molecular weight excluding hydrogens is 360 g/mol. The van der Waals surface area contributed by atoms with Crippen LogP contribution in [0.2, 0.25) is 0 Å². The lowest BCUT2D eigenvalue weighted by molar-refractivity contribution is -0.122. The Morgan fingerprint density at radius 1 is 1.33 bits per heavy atom. The van der Waals surface area contributed by atoms with Gasteiger partial charge in [0.05, 0.1) is 18.6 Å². The topological polar surface area (TPSA) is 54.7 Å². The molecule has 1 aromatic rings.